The fourth-order valence-corrected chi connectivity index (χ4v) is 4.97. The first-order chi connectivity index (χ1) is 16.4. The zero-order valence-corrected chi connectivity index (χ0v) is 19.8. The van der Waals surface area contributed by atoms with E-state index in [1.807, 2.05) is 19.1 Å². The third-order valence-corrected chi connectivity index (χ3v) is 6.97. The summed E-state index contributed by atoms with van der Waals surface area (Å²) in [4.78, 5) is 15.9. The van der Waals surface area contributed by atoms with Crippen molar-refractivity contribution in [2.75, 3.05) is 24.2 Å². The maximum atomic E-state index is 10.9. The van der Waals surface area contributed by atoms with Gasteiger partial charge in [0, 0.05) is 18.8 Å². The van der Waals surface area contributed by atoms with E-state index in [0.717, 1.165) is 37.2 Å². The number of pyridine rings is 1. The number of nitrogens with one attached hydrogen (secondary N) is 2. The van der Waals surface area contributed by atoms with Gasteiger partial charge >= 0.3 is 0 Å². The Kier molecular flexibility index (Phi) is 5.68. The van der Waals surface area contributed by atoms with Crippen LogP contribution in [0.3, 0.4) is 0 Å². The van der Waals surface area contributed by atoms with Crippen LogP contribution in [0.5, 0.6) is 0 Å². The van der Waals surface area contributed by atoms with Gasteiger partial charge in [-0.05, 0) is 80.1 Å². The molecule has 3 aromatic rings. The van der Waals surface area contributed by atoms with Crippen LogP contribution in [-0.2, 0) is 25.0 Å². The van der Waals surface area contributed by atoms with Crippen LogP contribution in [0.1, 0.15) is 53.3 Å². The Morgan fingerprint density at radius 2 is 2.03 bits per heavy atom. The molecule has 0 saturated heterocycles. The normalized spacial score (nSPS) is 19.3. The maximum absolute atomic E-state index is 10.9. The second-order valence-electron chi connectivity index (χ2n) is 9.33. The van der Waals surface area contributed by atoms with Gasteiger partial charge in [0.05, 0.1) is 11.9 Å². The van der Waals surface area contributed by atoms with Crippen molar-refractivity contribution in [3.63, 3.8) is 0 Å². The number of anilines is 4. The minimum Gasteiger partial charge on any atom is -0.384 e. The first-order valence-corrected chi connectivity index (χ1v) is 11.7. The number of aryl methyl sites for hydroxylation is 2. The zero-order valence-electron chi connectivity index (χ0n) is 19.8. The molecular weight excluding hydrogens is 426 g/mol. The van der Waals surface area contributed by atoms with E-state index in [4.69, 9.17) is 0 Å². The highest BCUT2D eigenvalue weighted by molar-refractivity contribution is 5.64. The van der Waals surface area contributed by atoms with E-state index in [1.54, 1.807) is 0 Å². The third-order valence-electron chi connectivity index (χ3n) is 6.97. The van der Waals surface area contributed by atoms with Gasteiger partial charge in [-0.1, -0.05) is 13.0 Å². The predicted molar refractivity (Wildman–Crippen MR) is 131 cm³/mol. The monoisotopic (exact) mass is 455 g/mol. The molecule has 3 heterocycles. The largest absolute Gasteiger partial charge is 0.384 e. The molecule has 8 nitrogen and oxygen atoms in total. The molecule has 1 atom stereocenters. The second kappa shape index (κ2) is 8.67. The number of hydrogen-bond donors (Lipinski definition) is 3. The molecule has 0 spiro atoms. The molecular formula is C26H29N7O. The molecule has 0 saturated carbocycles. The Labute approximate surface area is 199 Å². The molecule has 2 aromatic heterocycles. The molecule has 8 heteroatoms. The van der Waals surface area contributed by atoms with E-state index in [0.29, 0.717) is 41.7 Å². The lowest BCUT2D eigenvalue weighted by molar-refractivity contribution is 0.0307. The van der Waals surface area contributed by atoms with Crippen molar-refractivity contribution in [3.8, 4) is 6.07 Å². The number of fused-ring (bicyclic) bond motifs is 2. The minimum atomic E-state index is -0.901. The Bertz CT molecular complexity index is 1300. The Morgan fingerprint density at radius 1 is 1.18 bits per heavy atom. The number of nitrogens with zero attached hydrogens (tertiary/aromatic N) is 5. The smallest absolute Gasteiger partial charge is 0.229 e. The number of rotatable bonds is 5. The first-order valence-electron chi connectivity index (χ1n) is 11.7. The molecule has 5 rings (SSSR count). The molecule has 0 radical (unpaired) electrons. The van der Waals surface area contributed by atoms with Crippen molar-refractivity contribution < 1.29 is 5.11 Å². The third kappa shape index (κ3) is 4.09. The van der Waals surface area contributed by atoms with Crippen LogP contribution in [0, 0.1) is 18.3 Å². The van der Waals surface area contributed by atoms with Crippen molar-refractivity contribution >= 4 is 23.3 Å². The predicted octanol–water partition coefficient (Wildman–Crippen LogP) is 4.07. The average molecular weight is 456 g/mol. The first kappa shape index (κ1) is 22.3. The van der Waals surface area contributed by atoms with Crippen LogP contribution in [0.2, 0.25) is 0 Å². The molecule has 174 valence electrons. The molecule has 0 amide bonds. The number of benzene rings is 1. The lowest BCUT2D eigenvalue weighted by atomic mass is 9.94. The molecule has 34 heavy (non-hydrogen) atoms. The molecule has 1 aliphatic carbocycles. The van der Waals surface area contributed by atoms with Gasteiger partial charge in [-0.25, -0.2) is 9.97 Å². The van der Waals surface area contributed by atoms with E-state index in [9.17, 15) is 10.4 Å². The summed E-state index contributed by atoms with van der Waals surface area (Å²) < 4.78 is 0. The molecule has 0 fully saturated rings. The van der Waals surface area contributed by atoms with Crippen molar-refractivity contribution in [1.82, 2.24) is 19.9 Å². The van der Waals surface area contributed by atoms with Crippen LogP contribution < -0.4 is 10.6 Å². The Hall–Kier alpha value is -3.54. The number of nitriles is 1. The average Bonchev–Trinajstić information content (AvgIpc) is 3.16. The Morgan fingerprint density at radius 3 is 2.82 bits per heavy atom. The summed E-state index contributed by atoms with van der Waals surface area (Å²) >= 11 is 0. The van der Waals surface area contributed by atoms with Gasteiger partial charge in [-0.3, -0.25) is 0 Å². The lowest BCUT2D eigenvalue weighted by Crippen LogP contribution is -2.27. The van der Waals surface area contributed by atoms with Crippen LogP contribution >= 0.6 is 0 Å². The van der Waals surface area contributed by atoms with Crippen molar-refractivity contribution in [2.45, 2.75) is 51.7 Å². The fraction of sp³-hybridized carbons (Fsp3) is 0.385. The van der Waals surface area contributed by atoms with Crippen LogP contribution in [0.4, 0.5) is 23.3 Å². The quantitative estimate of drug-likeness (QED) is 0.528. The van der Waals surface area contributed by atoms with Gasteiger partial charge < -0.3 is 20.6 Å². The summed E-state index contributed by atoms with van der Waals surface area (Å²) in [7, 11) is 2.13. The van der Waals surface area contributed by atoms with Gasteiger partial charge in [-0.2, -0.15) is 10.2 Å². The molecule has 0 bridgehead atoms. The SMILES string of the molecule is CCC1(O)CCc2ccc(Nc3nc(Nc4cc(C)c5c(c4)CN(C)CC5)ncc3C#N)nc21. The Balaban J connectivity index is 1.42. The van der Waals surface area contributed by atoms with Crippen molar-refractivity contribution in [3.05, 3.63) is 64.0 Å². The summed E-state index contributed by atoms with van der Waals surface area (Å²) in [6.45, 7) is 6.09. The van der Waals surface area contributed by atoms with Gasteiger partial charge in [0.15, 0.2) is 5.82 Å². The lowest BCUT2D eigenvalue weighted by Gasteiger charge is -2.27. The van der Waals surface area contributed by atoms with E-state index in [2.05, 4.69) is 62.7 Å². The summed E-state index contributed by atoms with van der Waals surface area (Å²) in [5, 5.41) is 27.0. The van der Waals surface area contributed by atoms with E-state index in [1.165, 1.54) is 22.9 Å². The maximum Gasteiger partial charge on any atom is 0.229 e. The van der Waals surface area contributed by atoms with E-state index in [-0.39, 0.29) is 0 Å². The topological polar surface area (TPSA) is 110 Å². The van der Waals surface area contributed by atoms with Gasteiger partial charge in [0.25, 0.3) is 0 Å². The van der Waals surface area contributed by atoms with Crippen molar-refractivity contribution in [1.29, 1.82) is 5.26 Å². The number of aliphatic hydroxyl groups is 1. The van der Waals surface area contributed by atoms with Crippen molar-refractivity contribution in [2.24, 2.45) is 0 Å². The van der Waals surface area contributed by atoms with Gasteiger partial charge in [0.1, 0.15) is 23.1 Å². The van der Waals surface area contributed by atoms with E-state index >= 15 is 0 Å². The van der Waals surface area contributed by atoms with Gasteiger partial charge in [0.2, 0.25) is 5.95 Å². The minimum absolute atomic E-state index is 0.321. The van der Waals surface area contributed by atoms with Crippen LogP contribution in [-0.4, -0.2) is 38.6 Å². The zero-order chi connectivity index (χ0) is 23.9. The van der Waals surface area contributed by atoms with Crippen LogP contribution in [0.15, 0.2) is 30.5 Å². The summed E-state index contributed by atoms with van der Waals surface area (Å²) in [5.41, 5.74) is 6.10. The molecule has 1 aliphatic heterocycles. The molecule has 1 unspecified atom stereocenters. The van der Waals surface area contributed by atoms with Crippen LogP contribution in [0.25, 0.3) is 0 Å². The standard InChI is InChI=1S/C26H29N7O/c1-4-26(34)9-7-17-5-6-22(30-23(17)26)31-24-19(13-27)14-28-25(32-24)29-20-11-16(2)21-8-10-33(3)15-18(21)12-20/h5-6,11-12,14,34H,4,7-10,15H2,1-3H3,(H2,28,29,30,31,32). The number of likely N-dealkylation sites (N-methyl/N-ethyl adjacent to an activating group) is 1. The fourth-order valence-electron chi connectivity index (χ4n) is 4.97. The number of hydrogen-bond acceptors (Lipinski definition) is 8. The highest BCUT2D eigenvalue weighted by atomic mass is 16.3. The summed E-state index contributed by atoms with van der Waals surface area (Å²) in [6, 6.07) is 10.3. The molecule has 2 aliphatic rings. The molecule has 3 N–H and O–H groups in total. The summed E-state index contributed by atoms with van der Waals surface area (Å²) in [6.07, 6.45) is 4.66. The van der Waals surface area contributed by atoms with E-state index < -0.39 is 5.60 Å². The van der Waals surface area contributed by atoms with Gasteiger partial charge in [-0.15, -0.1) is 0 Å². The summed E-state index contributed by atoms with van der Waals surface area (Å²) in [5.74, 6) is 1.32. The second-order valence-corrected chi connectivity index (χ2v) is 9.33. The number of aromatic nitrogens is 3. The highest BCUT2D eigenvalue weighted by Gasteiger charge is 2.36. The highest BCUT2D eigenvalue weighted by Crippen LogP contribution is 2.39. The molecule has 1 aromatic carbocycles.